The molecule has 0 saturated heterocycles. The van der Waals surface area contributed by atoms with Gasteiger partial charge in [-0.2, -0.15) is 0 Å². The number of rotatable bonds is 5. The summed E-state index contributed by atoms with van der Waals surface area (Å²) in [6.07, 6.45) is -0.232. The fourth-order valence-corrected chi connectivity index (χ4v) is 4.98. The van der Waals surface area contributed by atoms with Crippen LogP contribution in [0.15, 0.2) is 83.8 Å². The summed E-state index contributed by atoms with van der Waals surface area (Å²) in [7, 11) is -3.68. The highest BCUT2D eigenvalue weighted by Gasteiger charge is 2.49. The van der Waals surface area contributed by atoms with Crippen LogP contribution in [0.1, 0.15) is 22.3 Å². The molecule has 1 amide bonds. The second-order valence-electron chi connectivity index (χ2n) is 6.86. The maximum atomic E-state index is 13.4. The molecule has 1 heterocycles. The van der Waals surface area contributed by atoms with Crippen molar-refractivity contribution in [2.45, 2.75) is 17.0 Å². The summed E-state index contributed by atoms with van der Waals surface area (Å²) in [4.78, 5) is 14.3. The molecule has 29 heavy (non-hydrogen) atoms. The molecule has 0 aromatic heterocycles. The molecule has 0 fully saturated rings. The van der Waals surface area contributed by atoms with Crippen LogP contribution >= 0.6 is 0 Å². The van der Waals surface area contributed by atoms with Crippen LogP contribution in [-0.2, 0) is 15.6 Å². The minimum Gasteiger partial charge on any atom is -0.366 e. The molecule has 0 saturated carbocycles. The molecule has 1 atom stereocenters. The van der Waals surface area contributed by atoms with Gasteiger partial charge in [-0.1, -0.05) is 36.4 Å². The Balaban J connectivity index is 1.75. The van der Waals surface area contributed by atoms with Crippen molar-refractivity contribution >= 4 is 21.4 Å². The lowest BCUT2D eigenvalue weighted by molar-refractivity contribution is 0.0364. The molecule has 0 bridgehead atoms. The van der Waals surface area contributed by atoms with E-state index in [0.29, 0.717) is 5.56 Å². The van der Waals surface area contributed by atoms with Gasteiger partial charge in [0, 0.05) is 23.2 Å². The average Bonchev–Trinajstić information content (AvgIpc) is 2.96. The van der Waals surface area contributed by atoms with Gasteiger partial charge in [0.2, 0.25) is 0 Å². The van der Waals surface area contributed by atoms with E-state index in [1.807, 2.05) is 0 Å². The number of amides is 1. The highest BCUT2D eigenvalue weighted by atomic mass is 32.2. The van der Waals surface area contributed by atoms with Crippen molar-refractivity contribution in [2.75, 3.05) is 10.7 Å². The van der Waals surface area contributed by atoms with E-state index in [-0.39, 0.29) is 28.3 Å². The van der Waals surface area contributed by atoms with E-state index in [1.54, 1.807) is 42.5 Å². The lowest BCUT2D eigenvalue weighted by Crippen LogP contribution is -2.45. The predicted molar refractivity (Wildman–Crippen MR) is 107 cm³/mol. The first kappa shape index (κ1) is 19.3. The number of benzene rings is 3. The Morgan fingerprint density at radius 3 is 2.21 bits per heavy atom. The molecular weight excluding hydrogens is 393 g/mol. The quantitative estimate of drug-likeness (QED) is 0.697. The van der Waals surface area contributed by atoms with Crippen molar-refractivity contribution in [3.8, 4) is 0 Å². The van der Waals surface area contributed by atoms with Crippen LogP contribution in [0, 0.1) is 5.82 Å². The van der Waals surface area contributed by atoms with Crippen molar-refractivity contribution < 1.29 is 22.7 Å². The number of sulfone groups is 1. The van der Waals surface area contributed by atoms with E-state index in [4.69, 9.17) is 0 Å². The van der Waals surface area contributed by atoms with Crippen LogP contribution < -0.4 is 4.90 Å². The third kappa shape index (κ3) is 3.32. The lowest BCUT2D eigenvalue weighted by atomic mass is 9.99. The van der Waals surface area contributed by atoms with Crippen LogP contribution in [0.25, 0.3) is 0 Å². The van der Waals surface area contributed by atoms with Crippen molar-refractivity contribution in [1.29, 1.82) is 0 Å². The number of carbonyl (C=O) groups is 1. The summed E-state index contributed by atoms with van der Waals surface area (Å²) >= 11 is 0. The number of fused-ring (bicyclic) bond motifs is 1. The maximum absolute atomic E-state index is 13.4. The van der Waals surface area contributed by atoms with Crippen molar-refractivity contribution in [2.24, 2.45) is 0 Å². The van der Waals surface area contributed by atoms with Crippen molar-refractivity contribution in [3.05, 3.63) is 95.8 Å². The molecule has 1 unspecified atom stereocenters. The van der Waals surface area contributed by atoms with Gasteiger partial charge in [0.05, 0.1) is 10.6 Å². The molecule has 1 N–H and O–H groups in total. The Kier molecular flexibility index (Phi) is 4.72. The predicted octanol–water partition coefficient (Wildman–Crippen LogP) is 3.50. The molecular formula is C22H18FNO4S. The van der Waals surface area contributed by atoms with Gasteiger partial charge in [-0.25, -0.2) is 12.8 Å². The normalized spacial score (nSPS) is 18.7. The SMILES string of the molecule is O=C1c2ccccc2C(O)(CCS(=O)(=O)c2ccccc2)N1c1ccc(F)cc1. The molecule has 3 aromatic carbocycles. The van der Waals surface area contributed by atoms with Crippen molar-refractivity contribution in [1.82, 2.24) is 0 Å². The van der Waals surface area contributed by atoms with E-state index in [0.717, 1.165) is 4.90 Å². The average molecular weight is 411 g/mol. The first-order valence-corrected chi connectivity index (χ1v) is 10.7. The fourth-order valence-electron chi connectivity index (χ4n) is 3.62. The van der Waals surface area contributed by atoms with Crippen LogP contribution in [0.3, 0.4) is 0 Å². The molecule has 0 radical (unpaired) electrons. The molecule has 1 aliphatic heterocycles. The van der Waals surface area contributed by atoms with Gasteiger partial charge in [-0.05, 0) is 42.5 Å². The van der Waals surface area contributed by atoms with E-state index in [1.165, 1.54) is 36.4 Å². The van der Waals surface area contributed by atoms with Gasteiger partial charge in [0.15, 0.2) is 15.6 Å². The third-order valence-electron chi connectivity index (χ3n) is 5.07. The number of anilines is 1. The monoisotopic (exact) mass is 411 g/mol. The minimum absolute atomic E-state index is 0.148. The molecule has 5 nitrogen and oxygen atoms in total. The summed E-state index contributed by atoms with van der Waals surface area (Å²) in [6.45, 7) is 0. The molecule has 4 rings (SSSR count). The van der Waals surface area contributed by atoms with Gasteiger partial charge in [-0.15, -0.1) is 0 Å². The molecule has 1 aliphatic rings. The van der Waals surface area contributed by atoms with Crippen LogP contribution in [0.2, 0.25) is 0 Å². The number of halogens is 1. The lowest BCUT2D eigenvalue weighted by Gasteiger charge is -2.34. The fraction of sp³-hybridized carbons (Fsp3) is 0.136. The smallest absolute Gasteiger partial charge is 0.261 e. The summed E-state index contributed by atoms with van der Waals surface area (Å²) in [6, 6.07) is 19.6. The highest BCUT2D eigenvalue weighted by Crippen LogP contribution is 2.43. The highest BCUT2D eigenvalue weighted by molar-refractivity contribution is 7.91. The minimum atomic E-state index is -3.68. The van der Waals surface area contributed by atoms with Gasteiger partial charge in [0.1, 0.15) is 5.82 Å². The summed E-state index contributed by atoms with van der Waals surface area (Å²) < 4.78 is 38.9. The van der Waals surface area contributed by atoms with Gasteiger partial charge < -0.3 is 5.11 Å². The number of nitrogens with zero attached hydrogens (tertiary/aromatic N) is 1. The zero-order valence-corrected chi connectivity index (χ0v) is 16.1. The van der Waals surface area contributed by atoms with E-state index >= 15 is 0 Å². The van der Waals surface area contributed by atoms with E-state index < -0.39 is 27.3 Å². The van der Waals surface area contributed by atoms with Gasteiger partial charge in [0.25, 0.3) is 5.91 Å². The second kappa shape index (κ2) is 7.09. The van der Waals surface area contributed by atoms with Gasteiger partial charge in [-0.3, -0.25) is 9.69 Å². The standard InChI is InChI=1S/C22H18FNO4S/c23-16-10-12-17(13-11-16)24-21(25)19-8-4-5-9-20(19)22(24,26)14-15-29(27,28)18-6-2-1-3-7-18/h1-13,26H,14-15H2. The Hall–Kier alpha value is -3.03. The van der Waals surface area contributed by atoms with E-state index in [2.05, 4.69) is 0 Å². The molecule has 148 valence electrons. The number of carbonyl (C=O) groups excluding carboxylic acids is 1. The van der Waals surface area contributed by atoms with Crippen LogP contribution in [0.5, 0.6) is 0 Å². The summed E-state index contributed by atoms with van der Waals surface area (Å²) in [5.74, 6) is -1.31. The largest absolute Gasteiger partial charge is 0.366 e. The zero-order valence-electron chi connectivity index (χ0n) is 15.3. The Bertz CT molecular complexity index is 1160. The van der Waals surface area contributed by atoms with Gasteiger partial charge >= 0.3 is 0 Å². The van der Waals surface area contributed by atoms with Crippen LogP contribution in [0.4, 0.5) is 10.1 Å². The number of aliphatic hydroxyl groups is 1. The molecule has 0 aliphatic carbocycles. The Morgan fingerprint density at radius 2 is 1.52 bits per heavy atom. The third-order valence-corrected chi connectivity index (χ3v) is 6.80. The molecule has 0 spiro atoms. The first-order chi connectivity index (χ1) is 13.8. The molecule has 3 aromatic rings. The Labute approximate surface area is 168 Å². The number of hydrogen-bond donors (Lipinski definition) is 1. The first-order valence-electron chi connectivity index (χ1n) is 9.03. The zero-order chi connectivity index (χ0) is 20.6. The van der Waals surface area contributed by atoms with E-state index in [9.17, 15) is 22.7 Å². The number of hydrogen-bond acceptors (Lipinski definition) is 4. The maximum Gasteiger partial charge on any atom is 0.261 e. The topological polar surface area (TPSA) is 74.7 Å². The van der Waals surface area contributed by atoms with Crippen molar-refractivity contribution in [3.63, 3.8) is 0 Å². The second-order valence-corrected chi connectivity index (χ2v) is 8.97. The summed E-state index contributed by atoms with van der Waals surface area (Å²) in [5.41, 5.74) is -0.964. The molecule has 7 heteroatoms. The van der Waals surface area contributed by atoms with Crippen LogP contribution in [-0.4, -0.2) is 25.2 Å². The summed E-state index contributed by atoms with van der Waals surface area (Å²) in [5, 5.41) is 11.6. The Morgan fingerprint density at radius 1 is 0.897 bits per heavy atom.